The number of methoxy groups -OCH3 is 1. The maximum Gasteiger partial charge on any atom is 0.152 e. The van der Waals surface area contributed by atoms with Crippen LogP contribution in [0.5, 0.6) is 5.75 Å². The molecule has 2 aromatic rings. The first-order valence-electron chi connectivity index (χ1n) is 6.22. The second-order valence-corrected chi connectivity index (χ2v) is 9.12. The molecule has 1 aromatic carbocycles. The van der Waals surface area contributed by atoms with E-state index < -0.39 is 8.07 Å². The molecule has 0 saturated carbocycles. The standard InChI is InChI=1S/C15H18N2OSi/c1-18-14-7-5-13(6-8-14)9-12-19(2,3)15-16-10-4-11-17-15/h4-12H,1-3H3/b12-9+. The van der Waals surface area contributed by atoms with Gasteiger partial charge in [-0.1, -0.05) is 37.0 Å². The fraction of sp³-hybridized carbons (Fsp3) is 0.200. The Morgan fingerprint density at radius 2 is 1.68 bits per heavy atom. The Hall–Kier alpha value is -1.94. The van der Waals surface area contributed by atoms with Gasteiger partial charge in [-0.15, -0.1) is 0 Å². The Balaban J connectivity index is 2.16. The van der Waals surface area contributed by atoms with Crippen molar-refractivity contribution in [3.8, 4) is 5.75 Å². The maximum atomic E-state index is 5.15. The molecule has 0 fully saturated rings. The minimum Gasteiger partial charge on any atom is -0.497 e. The van der Waals surface area contributed by atoms with Crippen LogP contribution in [0.2, 0.25) is 13.1 Å². The van der Waals surface area contributed by atoms with Gasteiger partial charge in [0.25, 0.3) is 0 Å². The van der Waals surface area contributed by atoms with Crippen LogP contribution >= 0.6 is 0 Å². The largest absolute Gasteiger partial charge is 0.497 e. The summed E-state index contributed by atoms with van der Waals surface area (Å²) in [5.41, 5.74) is 4.38. The van der Waals surface area contributed by atoms with Gasteiger partial charge in [-0.05, 0) is 23.8 Å². The van der Waals surface area contributed by atoms with Crippen molar-refractivity contribution in [1.82, 2.24) is 9.97 Å². The summed E-state index contributed by atoms with van der Waals surface area (Å²) >= 11 is 0. The van der Waals surface area contributed by atoms with E-state index in [0.29, 0.717) is 0 Å². The zero-order valence-corrected chi connectivity index (χ0v) is 12.5. The predicted octanol–water partition coefficient (Wildman–Crippen LogP) is 2.65. The smallest absolute Gasteiger partial charge is 0.152 e. The Morgan fingerprint density at radius 1 is 1.05 bits per heavy atom. The van der Waals surface area contributed by atoms with Gasteiger partial charge in [0.2, 0.25) is 0 Å². The van der Waals surface area contributed by atoms with Gasteiger partial charge in [-0.3, -0.25) is 0 Å². The van der Waals surface area contributed by atoms with E-state index in [9.17, 15) is 0 Å². The average Bonchev–Trinajstić information content (AvgIpc) is 2.47. The Bertz CT molecular complexity index is 550. The lowest BCUT2D eigenvalue weighted by atomic mass is 10.2. The van der Waals surface area contributed by atoms with E-state index in [1.165, 1.54) is 0 Å². The highest BCUT2D eigenvalue weighted by Gasteiger charge is 2.22. The van der Waals surface area contributed by atoms with Crippen molar-refractivity contribution < 1.29 is 4.74 Å². The highest BCUT2D eigenvalue weighted by atomic mass is 28.3. The van der Waals surface area contributed by atoms with Crippen molar-refractivity contribution in [3.63, 3.8) is 0 Å². The van der Waals surface area contributed by atoms with E-state index in [4.69, 9.17) is 4.74 Å². The minimum absolute atomic E-state index is 0.875. The van der Waals surface area contributed by atoms with Crippen LogP contribution in [0, 0.1) is 0 Å². The van der Waals surface area contributed by atoms with Gasteiger partial charge in [-0.2, -0.15) is 0 Å². The van der Waals surface area contributed by atoms with Crippen molar-refractivity contribution in [2.75, 3.05) is 7.11 Å². The quantitative estimate of drug-likeness (QED) is 0.801. The average molecular weight is 270 g/mol. The van der Waals surface area contributed by atoms with Crippen LogP contribution < -0.4 is 10.2 Å². The third-order valence-corrected chi connectivity index (χ3v) is 5.36. The third kappa shape index (κ3) is 3.51. The number of aromatic nitrogens is 2. The molecule has 2 rings (SSSR count). The maximum absolute atomic E-state index is 5.15. The first kappa shape index (κ1) is 13.5. The van der Waals surface area contributed by atoms with Gasteiger partial charge in [0.1, 0.15) is 11.2 Å². The van der Waals surface area contributed by atoms with Crippen molar-refractivity contribution in [2.24, 2.45) is 0 Å². The lowest BCUT2D eigenvalue weighted by molar-refractivity contribution is 0.415. The molecule has 0 spiro atoms. The summed E-state index contributed by atoms with van der Waals surface area (Å²) in [7, 11) is -0.0439. The third-order valence-electron chi connectivity index (χ3n) is 2.95. The molecule has 1 heterocycles. The summed E-state index contributed by atoms with van der Waals surface area (Å²) in [6.45, 7) is 4.48. The number of ether oxygens (including phenoxy) is 1. The number of hydrogen-bond donors (Lipinski definition) is 0. The molecule has 0 atom stereocenters. The van der Waals surface area contributed by atoms with Crippen LogP contribution in [0.4, 0.5) is 0 Å². The number of nitrogens with zero attached hydrogens (tertiary/aromatic N) is 2. The first-order chi connectivity index (χ1) is 9.12. The predicted molar refractivity (Wildman–Crippen MR) is 81.2 cm³/mol. The van der Waals surface area contributed by atoms with Crippen molar-refractivity contribution in [3.05, 3.63) is 54.0 Å². The molecule has 98 valence electrons. The molecule has 0 bridgehead atoms. The van der Waals surface area contributed by atoms with Gasteiger partial charge in [0, 0.05) is 12.4 Å². The van der Waals surface area contributed by atoms with Crippen LogP contribution in [0.3, 0.4) is 0 Å². The molecule has 1 aromatic heterocycles. The van der Waals surface area contributed by atoms with E-state index in [-0.39, 0.29) is 0 Å². The molecule has 0 N–H and O–H groups in total. The monoisotopic (exact) mass is 270 g/mol. The van der Waals surface area contributed by atoms with Crippen LogP contribution in [-0.2, 0) is 0 Å². The summed E-state index contributed by atoms with van der Waals surface area (Å²) in [6.07, 6.45) is 5.75. The molecule has 0 aliphatic carbocycles. The van der Waals surface area contributed by atoms with E-state index in [2.05, 4.69) is 34.8 Å². The summed E-state index contributed by atoms with van der Waals surface area (Å²) in [6, 6.07) is 9.87. The Kier molecular flexibility index (Phi) is 4.12. The van der Waals surface area contributed by atoms with Crippen molar-refractivity contribution >= 4 is 19.6 Å². The summed E-state index contributed by atoms with van der Waals surface area (Å²) in [4.78, 5) is 8.74. The van der Waals surface area contributed by atoms with Gasteiger partial charge >= 0.3 is 0 Å². The highest BCUT2D eigenvalue weighted by Crippen LogP contribution is 2.13. The number of benzene rings is 1. The zero-order valence-electron chi connectivity index (χ0n) is 11.5. The lowest BCUT2D eigenvalue weighted by Gasteiger charge is -2.14. The topological polar surface area (TPSA) is 35.0 Å². The summed E-state index contributed by atoms with van der Waals surface area (Å²) < 4.78 is 5.15. The molecule has 3 nitrogen and oxygen atoms in total. The summed E-state index contributed by atoms with van der Waals surface area (Å²) in [5.74, 6) is 0.875. The molecule has 4 heteroatoms. The van der Waals surface area contributed by atoms with Crippen LogP contribution in [0.1, 0.15) is 5.56 Å². The van der Waals surface area contributed by atoms with Gasteiger partial charge in [0.15, 0.2) is 8.07 Å². The fourth-order valence-corrected chi connectivity index (χ4v) is 3.30. The fourth-order valence-electron chi connectivity index (χ4n) is 1.73. The van der Waals surface area contributed by atoms with Gasteiger partial charge < -0.3 is 4.74 Å². The lowest BCUT2D eigenvalue weighted by Crippen LogP contribution is -2.43. The Morgan fingerprint density at radius 3 is 2.26 bits per heavy atom. The van der Waals surface area contributed by atoms with Crippen LogP contribution in [0.25, 0.3) is 6.08 Å². The molecular weight excluding hydrogens is 252 g/mol. The van der Waals surface area contributed by atoms with E-state index in [1.807, 2.05) is 30.3 Å². The van der Waals surface area contributed by atoms with Crippen LogP contribution in [0.15, 0.2) is 48.4 Å². The molecule has 0 aliphatic heterocycles. The molecule has 0 amide bonds. The first-order valence-corrected chi connectivity index (χ1v) is 9.30. The molecule has 0 radical (unpaired) electrons. The molecular formula is C15H18N2OSi. The number of hydrogen-bond acceptors (Lipinski definition) is 3. The van der Waals surface area contributed by atoms with E-state index in [0.717, 1.165) is 16.8 Å². The zero-order chi connectivity index (χ0) is 13.7. The molecule has 0 saturated heterocycles. The highest BCUT2D eigenvalue weighted by molar-refractivity contribution is 6.93. The molecule has 19 heavy (non-hydrogen) atoms. The van der Waals surface area contributed by atoms with Crippen molar-refractivity contribution in [2.45, 2.75) is 13.1 Å². The minimum atomic E-state index is -1.72. The number of rotatable bonds is 4. The van der Waals surface area contributed by atoms with Gasteiger partial charge in [0.05, 0.1) is 7.11 Å². The molecule has 0 unspecified atom stereocenters. The van der Waals surface area contributed by atoms with E-state index in [1.54, 1.807) is 19.5 Å². The normalized spacial score (nSPS) is 11.7. The Labute approximate surface area is 115 Å². The van der Waals surface area contributed by atoms with Crippen molar-refractivity contribution in [1.29, 1.82) is 0 Å². The van der Waals surface area contributed by atoms with Crippen LogP contribution in [-0.4, -0.2) is 25.2 Å². The van der Waals surface area contributed by atoms with E-state index >= 15 is 0 Å². The second-order valence-electron chi connectivity index (χ2n) is 4.90. The molecule has 0 aliphatic rings. The summed E-state index contributed by atoms with van der Waals surface area (Å²) in [5, 5.41) is 0. The second kappa shape index (κ2) is 5.80. The SMILES string of the molecule is COc1ccc(/C=C/[Si](C)(C)c2ncccn2)cc1. The van der Waals surface area contributed by atoms with Gasteiger partial charge in [-0.25, -0.2) is 9.97 Å².